The van der Waals surface area contributed by atoms with Gasteiger partial charge in [-0.2, -0.15) is 0 Å². The van der Waals surface area contributed by atoms with E-state index in [0.29, 0.717) is 17.0 Å². The van der Waals surface area contributed by atoms with Gasteiger partial charge in [-0.05, 0) is 46.7 Å². The highest BCUT2D eigenvalue weighted by Crippen LogP contribution is 2.53. The maximum absolute atomic E-state index is 11.0. The van der Waals surface area contributed by atoms with E-state index in [1.807, 2.05) is 12.1 Å². The van der Waals surface area contributed by atoms with Gasteiger partial charge in [0.1, 0.15) is 30.0 Å². The third kappa shape index (κ3) is 3.80. The molecule has 1 unspecified atom stereocenters. The number of hydrogen-bond acceptors (Lipinski definition) is 6. The summed E-state index contributed by atoms with van der Waals surface area (Å²) >= 11 is 6.62. The fraction of sp³-hybridized carbons (Fsp3) is 0.500. The van der Waals surface area contributed by atoms with Crippen molar-refractivity contribution in [3.05, 3.63) is 69.2 Å². The van der Waals surface area contributed by atoms with Crippen LogP contribution >= 0.6 is 11.6 Å². The van der Waals surface area contributed by atoms with Gasteiger partial charge in [0.25, 0.3) is 0 Å². The summed E-state index contributed by atoms with van der Waals surface area (Å²) in [5, 5.41) is 42.0. The zero-order valence-corrected chi connectivity index (χ0v) is 18.4. The summed E-state index contributed by atoms with van der Waals surface area (Å²) in [6, 6.07) is 12.1. The average molecular weight is 449 g/mol. The van der Waals surface area contributed by atoms with Crippen LogP contribution in [0.15, 0.2) is 36.4 Å². The molecule has 0 aromatic heterocycles. The molecule has 2 aromatic carbocycles. The molecule has 1 spiro atoms. The Hall–Kier alpha value is -1.51. The molecule has 0 amide bonds. The van der Waals surface area contributed by atoms with Crippen LogP contribution in [-0.2, 0) is 27.9 Å². The van der Waals surface area contributed by atoms with Crippen LogP contribution in [0.5, 0.6) is 0 Å². The topological polar surface area (TPSA) is 99.4 Å². The Morgan fingerprint density at radius 1 is 1.10 bits per heavy atom. The van der Waals surface area contributed by atoms with Gasteiger partial charge in [-0.1, -0.05) is 48.9 Å². The predicted octanol–water partition coefficient (Wildman–Crippen LogP) is 2.25. The third-order valence-electron chi connectivity index (χ3n) is 6.69. The van der Waals surface area contributed by atoms with E-state index < -0.39 is 42.7 Å². The van der Waals surface area contributed by atoms with Crippen LogP contribution < -0.4 is 0 Å². The molecule has 1 saturated heterocycles. The number of aryl methyl sites for hydroxylation is 1. The lowest BCUT2D eigenvalue weighted by Gasteiger charge is -2.47. The molecule has 2 aliphatic rings. The zero-order chi connectivity index (χ0) is 22.3. The lowest BCUT2D eigenvalue weighted by atomic mass is 9.80. The summed E-state index contributed by atoms with van der Waals surface area (Å²) in [5.74, 6) is 0. The highest BCUT2D eigenvalue weighted by Gasteiger charge is 2.59. The second kappa shape index (κ2) is 8.79. The predicted molar refractivity (Wildman–Crippen MR) is 116 cm³/mol. The maximum Gasteiger partial charge on any atom is 0.125 e. The van der Waals surface area contributed by atoms with Crippen molar-refractivity contribution in [2.24, 2.45) is 0 Å². The molecule has 4 rings (SSSR count). The minimum absolute atomic E-state index is 0.241. The number of benzene rings is 2. The van der Waals surface area contributed by atoms with E-state index in [4.69, 9.17) is 21.1 Å². The number of aliphatic hydroxyl groups is 4. The van der Waals surface area contributed by atoms with Crippen LogP contribution in [0.4, 0.5) is 0 Å². The highest BCUT2D eigenvalue weighted by atomic mass is 35.5. The Bertz CT molecular complexity index is 930. The van der Waals surface area contributed by atoms with E-state index in [1.54, 1.807) is 7.11 Å². The second-order valence-corrected chi connectivity index (χ2v) is 8.87. The number of aliphatic hydroxyl groups excluding tert-OH is 4. The first-order valence-corrected chi connectivity index (χ1v) is 11.0. The van der Waals surface area contributed by atoms with Crippen molar-refractivity contribution >= 4 is 11.6 Å². The number of halogens is 1. The van der Waals surface area contributed by atoms with Gasteiger partial charge in [0.05, 0.1) is 12.7 Å². The van der Waals surface area contributed by atoms with Crippen LogP contribution in [0.2, 0.25) is 5.02 Å². The molecular formula is C24H29ClO6. The van der Waals surface area contributed by atoms with Crippen LogP contribution in [0.3, 0.4) is 0 Å². The Morgan fingerprint density at radius 2 is 1.77 bits per heavy atom. The minimum Gasteiger partial charge on any atom is -0.394 e. The molecule has 6 atom stereocenters. The first-order valence-electron chi connectivity index (χ1n) is 10.6. The molecule has 0 saturated carbocycles. The highest BCUT2D eigenvalue weighted by molar-refractivity contribution is 6.31. The number of fused-ring (bicyclic) bond motifs is 2. The van der Waals surface area contributed by atoms with Crippen LogP contribution in [0.1, 0.15) is 47.3 Å². The van der Waals surface area contributed by atoms with E-state index in [2.05, 4.69) is 31.2 Å². The van der Waals surface area contributed by atoms with E-state index in [9.17, 15) is 20.4 Å². The summed E-state index contributed by atoms with van der Waals surface area (Å²) in [6.45, 7) is 1.63. The molecule has 1 heterocycles. The van der Waals surface area contributed by atoms with Gasteiger partial charge in [-0.3, -0.25) is 0 Å². The van der Waals surface area contributed by atoms with Gasteiger partial charge in [0.2, 0.25) is 0 Å². The van der Waals surface area contributed by atoms with Crippen molar-refractivity contribution in [2.75, 3.05) is 13.7 Å². The second-order valence-electron chi connectivity index (χ2n) is 8.46. The van der Waals surface area contributed by atoms with Gasteiger partial charge in [0, 0.05) is 18.6 Å². The number of ether oxygens (including phenoxy) is 2. The normalized spacial score (nSPS) is 32.4. The average Bonchev–Trinajstić information content (AvgIpc) is 3.08. The minimum atomic E-state index is -1.46. The zero-order valence-electron chi connectivity index (χ0n) is 17.7. The monoisotopic (exact) mass is 448 g/mol. The molecular weight excluding hydrogens is 420 g/mol. The summed E-state index contributed by atoms with van der Waals surface area (Å²) in [5.41, 5.74) is 3.35. The molecule has 6 nitrogen and oxygen atoms in total. The Kier molecular flexibility index (Phi) is 6.43. The number of hydrogen-bond donors (Lipinski definition) is 4. The maximum atomic E-state index is 11.0. The SMILES string of the molecule is CCc1ccc(Cc2cc3c(cc2Cl)C(OC)C[C@]32O[C@H](CO)[C@@H](O)[C@H](O)[C@H]2O)cc1. The molecule has 168 valence electrons. The van der Waals surface area contributed by atoms with Crippen molar-refractivity contribution < 1.29 is 29.9 Å². The van der Waals surface area contributed by atoms with E-state index in [-0.39, 0.29) is 6.42 Å². The first-order chi connectivity index (χ1) is 14.8. The quantitative estimate of drug-likeness (QED) is 0.560. The molecule has 1 aliphatic carbocycles. The van der Waals surface area contributed by atoms with Crippen LogP contribution in [0.25, 0.3) is 0 Å². The standard InChI is InChI=1S/C24H29ClO6/c1-3-13-4-6-14(7-5-13)8-15-9-17-16(10-18(15)25)19(30-2)11-24(17)23(29)22(28)21(27)20(12-26)31-24/h4-7,9-10,19-23,26-29H,3,8,11-12H2,1-2H3/t19?,20-,21-,22+,23-,24+/m1/s1. The summed E-state index contributed by atoms with van der Waals surface area (Å²) in [6.07, 6.45) is -3.86. The van der Waals surface area contributed by atoms with Gasteiger partial charge in [0.15, 0.2) is 0 Å². The van der Waals surface area contributed by atoms with Crippen LogP contribution in [-0.4, -0.2) is 58.6 Å². The Morgan fingerprint density at radius 3 is 2.39 bits per heavy atom. The van der Waals surface area contributed by atoms with E-state index >= 15 is 0 Å². The fourth-order valence-electron chi connectivity index (χ4n) is 4.85. The fourth-order valence-corrected chi connectivity index (χ4v) is 5.09. The molecule has 4 N–H and O–H groups in total. The molecule has 1 aliphatic heterocycles. The Balaban J connectivity index is 1.77. The van der Waals surface area contributed by atoms with Crippen molar-refractivity contribution in [2.45, 2.75) is 62.3 Å². The molecule has 0 bridgehead atoms. The van der Waals surface area contributed by atoms with E-state index in [1.165, 1.54) is 5.56 Å². The van der Waals surface area contributed by atoms with Gasteiger partial charge < -0.3 is 29.9 Å². The van der Waals surface area contributed by atoms with Crippen molar-refractivity contribution in [3.8, 4) is 0 Å². The molecule has 1 fully saturated rings. The Labute approximate surface area is 187 Å². The largest absolute Gasteiger partial charge is 0.394 e. The van der Waals surface area contributed by atoms with Crippen molar-refractivity contribution in [3.63, 3.8) is 0 Å². The van der Waals surface area contributed by atoms with E-state index in [0.717, 1.165) is 23.1 Å². The van der Waals surface area contributed by atoms with Crippen LogP contribution in [0, 0.1) is 0 Å². The third-order valence-corrected chi connectivity index (χ3v) is 7.05. The lowest BCUT2D eigenvalue weighted by molar-refractivity contribution is -0.282. The molecule has 0 radical (unpaired) electrons. The van der Waals surface area contributed by atoms with Gasteiger partial charge in [-0.15, -0.1) is 0 Å². The first kappa shape index (κ1) is 22.7. The lowest BCUT2D eigenvalue weighted by Crippen LogP contribution is -2.62. The molecule has 7 heteroatoms. The van der Waals surface area contributed by atoms with Crippen molar-refractivity contribution in [1.29, 1.82) is 0 Å². The summed E-state index contributed by atoms with van der Waals surface area (Å²) in [4.78, 5) is 0. The summed E-state index contributed by atoms with van der Waals surface area (Å²) < 4.78 is 11.7. The molecule has 31 heavy (non-hydrogen) atoms. The van der Waals surface area contributed by atoms with Gasteiger partial charge in [-0.25, -0.2) is 0 Å². The van der Waals surface area contributed by atoms with Crippen molar-refractivity contribution in [1.82, 2.24) is 0 Å². The summed E-state index contributed by atoms with van der Waals surface area (Å²) in [7, 11) is 1.56. The smallest absolute Gasteiger partial charge is 0.125 e. The number of methoxy groups -OCH3 is 1. The molecule has 2 aromatic rings. The number of rotatable bonds is 5. The van der Waals surface area contributed by atoms with Gasteiger partial charge >= 0.3 is 0 Å².